The van der Waals surface area contributed by atoms with Crippen LogP contribution in [-0.2, 0) is 6.61 Å². The summed E-state index contributed by atoms with van der Waals surface area (Å²) in [7, 11) is 0. The molecule has 1 aromatic heterocycles. The molecule has 0 spiro atoms. The summed E-state index contributed by atoms with van der Waals surface area (Å²) in [6.07, 6.45) is 1.59. The Morgan fingerprint density at radius 3 is 2.56 bits per heavy atom. The number of aromatic amines is 1. The van der Waals surface area contributed by atoms with Crippen molar-refractivity contribution < 1.29 is 9.47 Å². The zero-order valence-corrected chi connectivity index (χ0v) is 16.7. The number of hydrogen-bond acceptors (Lipinski definition) is 5. The van der Waals surface area contributed by atoms with Gasteiger partial charge in [0.2, 0.25) is 4.77 Å². The molecule has 140 valence electrons. The van der Waals surface area contributed by atoms with E-state index in [1.165, 1.54) is 4.68 Å². The van der Waals surface area contributed by atoms with Crippen molar-refractivity contribution in [2.24, 2.45) is 5.10 Å². The van der Waals surface area contributed by atoms with Crippen molar-refractivity contribution in [1.82, 2.24) is 14.9 Å². The van der Waals surface area contributed by atoms with E-state index in [9.17, 15) is 0 Å². The van der Waals surface area contributed by atoms with Gasteiger partial charge in [-0.15, -0.1) is 0 Å². The lowest BCUT2D eigenvalue weighted by Crippen LogP contribution is -2.04. The molecule has 2 aromatic carbocycles. The van der Waals surface area contributed by atoms with E-state index in [-0.39, 0.29) is 6.61 Å². The number of benzene rings is 2. The SMILES string of the molecule is CCOc1c(Cl)cc(/C=N\n2c(COc3ccccc3)n[nH]c2=S)cc1Cl. The fraction of sp³-hybridized carbons (Fsp3) is 0.167. The van der Waals surface area contributed by atoms with Crippen LogP contribution < -0.4 is 9.47 Å². The number of H-pyrrole nitrogens is 1. The lowest BCUT2D eigenvalue weighted by Gasteiger charge is -2.08. The molecular formula is C18H16Cl2N4O2S. The van der Waals surface area contributed by atoms with Crippen LogP contribution in [-0.4, -0.2) is 27.7 Å². The van der Waals surface area contributed by atoms with Gasteiger partial charge in [0.05, 0.1) is 22.9 Å². The molecule has 3 aromatic rings. The van der Waals surface area contributed by atoms with Gasteiger partial charge < -0.3 is 9.47 Å². The highest BCUT2D eigenvalue weighted by atomic mass is 35.5. The molecule has 0 unspecified atom stereocenters. The molecule has 1 heterocycles. The van der Waals surface area contributed by atoms with Crippen molar-refractivity contribution >= 4 is 41.6 Å². The molecule has 6 nitrogen and oxygen atoms in total. The van der Waals surface area contributed by atoms with Gasteiger partial charge in [-0.05, 0) is 49.0 Å². The average Bonchev–Trinajstić information content (AvgIpc) is 3.02. The van der Waals surface area contributed by atoms with E-state index in [2.05, 4.69) is 15.3 Å². The number of nitrogens with zero attached hydrogens (tertiary/aromatic N) is 3. The molecule has 0 aliphatic rings. The largest absolute Gasteiger partial charge is 0.491 e. The molecule has 0 saturated carbocycles. The minimum atomic E-state index is 0.208. The molecule has 0 aliphatic heterocycles. The van der Waals surface area contributed by atoms with Crippen LogP contribution in [0.4, 0.5) is 0 Å². The third-order valence-corrected chi connectivity index (χ3v) is 4.29. The molecule has 3 rings (SSSR count). The van der Waals surface area contributed by atoms with Crippen LogP contribution in [0.1, 0.15) is 18.3 Å². The van der Waals surface area contributed by atoms with E-state index in [4.69, 9.17) is 44.9 Å². The van der Waals surface area contributed by atoms with Gasteiger partial charge in [-0.2, -0.15) is 14.9 Å². The van der Waals surface area contributed by atoms with Crippen molar-refractivity contribution in [2.75, 3.05) is 6.61 Å². The Morgan fingerprint density at radius 1 is 1.19 bits per heavy atom. The Balaban J connectivity index is 1.79. The summed E-state index contributed by atoms with van der Waals surface area (Å²) < 4.78 is 13.0. The molecular weight excluding hydrogens is 407 g/mol. The highest BCUT2D eigenvalue weighted by Crippen LogP contribution is 2.33. The summed E-state index contributed by atoms with van der Waals surface area (Å²) in [6.45, 7) is 2.54. The zero-order valence-electron chi connectivity index (χ0n) is 14.4. The lowest BCUT2D eigenvalue weighted by atomic mass is 10.2. The molecule has 0 radical (unpaired) electrons. The second-order valence-electron chi connectivity index (χ2n) is 5.35. The maximum absolute atomic E-state index is 6.22. The number of para-hydroxylation sites is 1. The Labute approximate surface area is 171 Å². The second kappa shape index (κ2) is 9.03. The fourth-order valence-corrected chi connectivity index (χ4v) is 3.07. The van der Waals surface area contributed by atoms with Crippen LogP contribution in [0.5, 0.6) is 11.5 Å². The van der Waals surface area contributed by atoms with Gasteiger partial charge in [0.1, 0.15) is 12.4 Å². The van der Waals surface area contributed by atoms with E-state index in [0.29, 0.717) is 38.6 Å². The number of rotatable bonds is 7. The Hall–Kier alpha value is -2.35. The van der Waals surface area contributed by atoms with E-state index in [0.717, 1.165) is 5.75 Å². The topological polar surface area (TPSA) is 64.4 Å². The third kappa shape index (κ3) is 4.88. The Morgan fingerprint density at radius 2 is 1.89 bits per heavy atom. The molecule has 0 atom stereocenters. The predicted octanol–water partition coefficient (Wildman–Crippen LogP) is 5.11. The number of nitrogens with one attached hydrogen (secondary N) is 1. The molecule has 0 saturated heterocycles. The van der Waals surface area contributed by atoms with Crippen molar-refractivity contribution in [2.45, 2.75) is 13.5 Å². The molecule has 0 fully saturated rings. The van der Waals surface area contributed by atoms with Crippen molar-refractivity contribution in [3.63, 3.8) is 0 Å². The first-order valence-electron chi connectivity index (χ1n) is 8.09. The van der Waals surface area contributed by atoms with Crippen LogP contribution in [0, 0.1) is 4.77 Å². The number of hydrogen-bond donors (Lipinski definition) is 1. The summed E-state index contributed by atoms with van der Waals surface area (Å²) in [5.41, 5.74) is 0.700. The van der Waals surface area contributed by atoms with Crippen molar-refractivity contribution in [1.29, 1.82) is 0 Å². The fourth-order valence-electron chi connectivity index (χ4n) is 2.26. The summed E-state index contributed by atoms with van der Waals surface area (Å²) >= 11 is 17.7. The van der Waals surface area contributed by atoms with E-state index in [1.54, 1.807) is 18.3 Å². The summed E-state index contributed by atoms with van der Waals surface area (Å²) in [6, 6.07) is 12.9. The van der Waals surface area contributed by atoms with Gasteiger partial charge in [0.25, 0.3) is 0 Å². The molecule has 27 heavy (non-hydrogen) atoms. The number of halogens is 2. The van der Waals surface area contributed by atoms with Crippen LogP contribution in [0.15, 0.2) is 47.6 Å². The lowest BCUT2D eigenvalue weighted by molar-refractivity contribution is 0.290. The summed E-state index contributed by atoms with van der Waals surface area (Å²) in [5.74, 6) is 1.71. The third-order valence-electron chi connectivity index (χ3n) is 3.46. The molecule has 0 bridgehead atoms. The van der Waals surface area contributed by atoms with Crippen molar-refractivity contribution in [3.8, 4) is 11.5 Å². The van der Waals surface area contributed by atoms with Gasteiger partial charge in [0.15, 0.2) is 11.6 Å². The van der Waals surface area contributed by atoms with E-state index in [1.807, 2.05) is 37.3 Å². The van der Waals surface area contributed by atoms with Crippen LogP contribution in [0.25, 0.3) is 0 Å². The van der Waals surface area contributed by atoms with Crippen LogP contribution >= 0.6 is 35.4 Å². The first-order valence-corrected chi connectivity index (χ1v) is 9.25. The summed E-state index contributed by atoms with van der Waals surface area (Å²) in [4.78, 5) is 0. The quantitative estimate of drug-likeness (QED) is 0.424. The highest BCUT2D eigenvalue weighted by Gasteiger charge is 2.09. The number of aromatic nitrogens is 3. The highest BCUT2D eigenvalue weighted by molar-refractivity contribution is 7.71. The van der Waals surface area contributed by atoms with E-state index < -0.39 is 0 Å². The molecule has 0 aliphatic carbocycles. The predicted molar refractivity (Wildman–Crippen MR) is 109 cm³/mol. The van der Waals surface area contributed by atoms with Gasteiger partial charge in [-0.25, -0.2) is 5.10 Å². The Kier molecular flexibility index (Phi) is 6.49. The minimum absolute atomic E-state index is 0.208. The molecule has 0 amide bonds. The van der Waals surface area contributed by atoms with Gasteiger partial charge in [-0.1, -0.05) is 41.4 Å². The maximum Gasteiger partial charge on any atom is 0.216 e. The first kappa shape index (κ1) is 19.4. The smallest absolute Gasteiger partial charge is 0.216 e. The maximum atomic E-state index is 6.22. The Bertz CT molecular complexity index is 979. The van der Waals surface area contributed by atoms with E-state index >= 15 is 0 Å². The van der Waals surface area contributed by atoms with Gasteiger partial charge >= 0.3 is 0 Å². The van der Waals surface area contributed by atoms with Crippen molar-refractivity contribution in [3.05, 3.63) is 68.7 Å². The van der Waals surface area contributed by atoms with Gasteiger partial charge in [-0.3, -0.25) is 0 Å². The zero-order chi connectivity index (χ0) is 19.2. The number of ether oxygens (including phenoxy) is 2. The normalized spacial score (nSPS) is 11.1. The standard InChI is InChI=1S/C18H16Cl2N4O2S/c1-2-25-17-14(19)8-12(9-15(17)20)10-21-24-16(22-23-18(24)27)11-26-13-6-4-3-5-7-13/h3-10H,2,11H2,1H3,(H,23,27)/b21-10-. The van der Waals surface area contributed by atoms with Crippen LogP contribution in [0.3, 0.4) is 0 Å². The van der Waals surface area contributed by atoms with Crippen LogP contribution in [0.2, 0.25) is 10.0 Å². The van der Waals surface area contributed by atoms with Gasteiger partial charge in [0, 0.05) is 0 Å². The first-order chi connectivity index (χ1) is 13.1. The minimum Gasteiger partial charge on any atom is -0.491 e. The summed E-state index contributed by atoms with van der Waals surface area (Å²) in [5, 5.41) is 12.0. The monoisotopic (exact) mass is 422 g/mol. The molecule has 9 heteroatoms. The second-order valence-corrected chi connectivity index (χ2v) is 6.55. The molecule has 1 N–H and O–H groups in total. The average molecular weight is 423 g/mol.